The molecular formula is C16H23NO2. The van der Waals surface area contributed by atoms with Gasteiger partial charge in [0.25, 0.3) is 0 Å². The van der Waals surface area contributed by atoms with Gasteiger partial charge in [-0.15, -0.1) is 0 Å². The van der Waals surface area contributed by atoms with Crippen LogP contribution < -0.4 is 5.32 Å². The molecule has 2 atom stereocenters. The third kappa shape index (κ3) is 4.35. The molecule has 1 aliphatic rings. The standard InChI is InChI=1S/C16H23NO2/c1-12(14-6-4-3-5-7-14)10-15(16(18)19-2)17-11-13-8-9-13/h3-7,12-13,15,17H,8-11H2,1-2H3. The molecule has 0 aliphatic heterocycles. The minimum absolute atomic E-state index is 0.150. The SMILES string of the molecule is COC(=O)C(CC(C)c1ccccc1)NCC1CC1. The second kappa shape index (κ2) is 6.71. The number of carbonyl (C=O) groups is 1. The summed E-state index contributed by atoms with van der Waals surface area (Å²) in [6.07, 6.45) is 3.35. The van der Waals surface area contributed by atoms with Gasteiger partial charge in [-0.25, -0.2) is 0 Å². The Bertz CT molecular complexity index is 400. The molecule has 0 amide bonds. The van der Waals surface area contributed by atoms with Gasteiger partial charge in [-0.2, -0.15) is 0 Å². The third-order valence-corrected chi connectivity index (χ3v) is 3.79. The summed E-state index contributed by atoms with van der Waals surface area (Å²) in [4.78, 5) is 11.8. The molecule has 0 spiro atoms. The predicted octanol–water partition coefficient (Wildman–Crippen LogP) is 2.72. The van der Waals surface area contributed by atoms with Crippen molar-refractivity contribution in [3.05, 3.63) is 35.9 Å². The maximum Gasteiger partial charge on any atom is 0.322 e. The highest BCUT2D eigenvalue weighted by atomic mass is 16.5. The molecule has 2 unspecified atom stereocenters. The van der Waals surface area contributed by atoms with E-state index < -0.39 is 0 Å². The van der Waals surface area contributed by atoms with Gasteiger partial charge in [0, 0.05) is 0 Å². The van der Waals surface area contributed by atoms with Crippen LogP contribution >= 0.6 is 0 Å². The molecule has 1 aromatic carbocycles. The fourth-order valence-electron chi connectivity index (χ4n) is 2.31. The van der Waals surface area contributed by atoms with E-state index in [1.165, 1.54) is 25.5 Å². The lowest BCUT2D eigenvalue weighted by Crippen LogP contribution is -2.39. The molecule has 1 aromatic rings. The summed E-state index contributed by atoms with van der Waals surface area (Å²) in [5.41, 5.74) is 1.27. The lowest BCUT2D eigenvalue weighted by molar-refractivity contribution is -0.143. The van der Waals surface area contributed by atoms with Crippen LogP contribution in [0.4, 0.5) is 0 Å². The van der Waals surface area contributed by atoms with Crippen molar-refractivity contribution in [2.45, 2.75) is 38.1 Å². The van der Waals surface area contributed by atoms with Crippen molar-refractivity contribution in [1.29, 1.82) is 0 Å². The monoisotopic (exact) mass is 261 g/mol. The molecule has 1 aliphatic carbocycles. The molecule has 104 valence electrons. The van der Waals surface area contributed by atoms with Crippen molar-refractivity contribution >= 4 is 5.97 Å². The maximum atomic E-state index is 11.8. The molecule has 3 nitrogen and oxygen atoms in total. The Morgan fingerprint density at radius 2 is 2.05 bits per heavy atom. The van der Waals surface area contributed by atoms with Crippen molar-refractivity contribution in [3.8, 4) is 0 Å². The number of hydrogen-bond acceptors (Lipinski definition) is 3. The summed E-state index contributed by atoms with van der Waals surface area (Å²) in [6.45, 7) is 3.09. The van der Waals surface area contributed by atoms with Crippen LogP contribution in [0.5, 0.6) is 0 Å². The molecule has 19 heavy (non-hydrogen) atoms. The van der Waals surface area contributed by atoms with E-state index in [4.69, 9.17) is 4.74 Å². The zero-order valence-electron chi connectivity index (χ0n) is 11.8. The quantitative estimate of drug-likeness (QED) is 0.767. The van der Waals surface area contributed by atoms with Crippen LogP contribution in [0.3, 0.4) is 0 Å². The summed E-state index contributed by atoms with van der Waals surface area (Å²) >= 11 is 0. The number of rotatable bonds is 7. The van der Waals surface area contributed by atoms with E-state index >= 15 is 0 Å². The topological polar surface area (TPSA) is 38.3 Å². The van der Waals surface area contributed by atoms with Crippen molar-refractivity contribution in [2.24, 2.45) is 5.92 Å². The van der Waals surface area contributed by atoms with Gasteiger partial charge in [-0.3, -0.25) is 4.79 Å². The first-order valence-electron chi connectivity index (χ1n) is 7.07. The van der Waals surface area contributed by atoms with Gasteiger partial charge in [0.05, 0.1) is 7.11 Å². The first-order valence-corrected chi connectivity index (χ1v) is 7.07. The van der Waals surface area contributed by atoms with Gasteiger partial charge >= 0.3 is 5.97 Å². The zero-order valence-corrected chi connectivity index (χ0v) is 11.8. The number of carbonyl (C=O) groups excluding carboxylic acids is 1. The predicted molar refractivity (Wildman–Crippen MR) is 76.0 cm³/mol. The summed E-state index contributed by atoms with van der Waals surface area (Å²) in [6, 6.07) is 10.1. The van der Waals surface area contributed by atoms with Crippen LogP contribution in [-0.4, -0.2) is 25.7 Å². The molecule has 1 N–H and O–H groups in total. The largest absolute Gasteiger partial charge is 0.468 e. The van der Waals surface area contributed by atoms with Crippen molar-refractivity contribution < 1.29 is 9.53 Å². The van der Waals surface area contributed by atoms with Crippen LogP contribution in [0.25, 0.3) is 0 Å². The molecule has 1 fully saturated rings. The van der Waals surface area contributed by atoms with Gasteiger partial charge in [0.15, 0.2) is 0 Å². The second-order valence-electron chi connectivity index (χ2n) is 5.47. The van der Waals surface area contributed by atoms with Crippen molar-refractivity contribution in [3.63, 3.8) is 0 Å². The Morgan fingerprint density at radius 1 is 1.37 bits per heavy atom. The number of nitrogens with one attached hydrogen (secondary N) is 1. The molecule has 0 bridgehead atoms. The Hall–Kier alpha value is -1.35. The van der Waals surface area contributed by atoms with Crippen LogP contribution in [0.1, 0.15) is 37.7 Å². The maximum absolute atomic E-state index is 11.8. The van der Waals surface area contributed by atoms with Gasteiger partial charge < -0.3 is 10.1 Å². The van der Waals surface area contributed by atoms with Crippen LogP contribution in [0.15, 0.2) is 30.3 Å². The van der Waals surface area contributed by atoms with Gasteiger partial charge in [-0.05, 0) is 43.2 Å². The van der Waals surface area contributed by atoms with Crippen LogP contribution in [0, 0.1) is 5.92 Å². The summed E-state index contributed by atoms with van der Waals surface area (Å²) in [5.74, 6) is 0.958. The molecular weight excluding hydrogens is 238 g/mol. The molecule has 0 radical (unpaired) electrons. The summed E-state index contributed by atoms with van der Waals surface area (Å²) in [5, 5.41) is 3.36. The Labute approximate surface area is 115 Å². The first-order chi connectivity index (χ1) is 9.20. The summed E-state index contributed by atoms with van der Waals surface area (Å²) in [7, 11) is 1.46. The molecule has 0 saturated heterocycles. The molecule has 1 saturated carbocycles. The van der Waals surface area contributed by atoms with E-state index in [-0.39, 0.29) is 12.0 Å². The van der Waals surface area contributed by atoms with Crippen molar-refractivity contribution in [2.75, 3.05) is 13.7 Å². The normalized spacial score (nSPS) is 17.8. The van der Waals surface area contributed by atoms with E-state index in [9.17, 15) is 4.79 Å². The van der Waals surface area contributed by atoms with Gasteiger partial charge in [0.1, 0.15) is 6.04 Å². The smallest absolute Gasteiger partial charge is 0.322 e. The number of esters is 1. The Morgan fingerprint density at radius 3 is 2.63 bits per heavy atom. The summed E-state index contributed by atoms with van der Waals surface area (Å²) < 4.78 is 4.90. The fraction of sp³-hybridized carbons (Fsp3) is 0.562. The van der Waals surface area contributed by atoms with Gasteiger partial charge in [0.2, 0.25) is 0 Å². The van der Waals surface area contributed by atoms with E-state index in [1.807, 2.05) is 18.2 Å². The minimum Gasteiger partial charge on any atom is -0.468 e. The zero-order chi connectivity index (χ0) is 13.7. The lowest BCUT2D eigenvalue weighted by Gasteiger charge is -2.20. The Balaban J connectivity index is 1.91. The number of methoxy groups -OCH3 is 1. The van der Waals surface area contributed by atoms with E-state index in [0.29, 0.717) is 5.92 Å². The van der Waals surface area contributed by atoms with Crippen molar-refractivity contribution in [1.82, 2.24) is 5.32 Å². The second-order valence-corrected chi connectivity index (χ2v) is 5.47. The van der Waals surface area contributed by atoms with E-state index in [0.717, 1.165) is 18.9 Å². The molecule has 2 rings (SSSR count). The Kier molecular flexibility index (Phi) is 4.97. The minimum atomic E-state index is -0.194. The number of hydrogen-bond donors (Lipinski definition) is 1. The van der Waals surface area contributed by atoms with E-state index in [1.54, 1.807) is 0 Å². The number of benzene rings is 1. The highest BCUT2D eigenvalue weighted by Crippen LogP contribution is 2.28. The van der Waals surface area contributed by atoms with E-state index in [2.05, 4.69) is 24.4 Å². The number of ether oxygens (including phenoxy) is 1. The average molecular weight is 261 g/mol. The third-order valence-electron chi connectivity index (χ3n) is 3.79. The van der Waals surface area contributed by atoms with Crippen LogP contribution in [-0.2, 0) is 9.53 Å². The first kappa shape index (κ1) is 14.1. The molecule has 3 heteroatoms. The molecule has 0 heterocycles. The highest BCUT2D eigenvalue weighted by molar-refractivity contribution is 5.75. The lowest BCUT2D eigenvalue weighted by atomic mass is 9.94. The van der Waals surface area contributed by atoms with Crippen LogP contribution in [0.2, 0.25) is 0 Å². The van der Waals surface area contributed by atoms with Gasteiger partial charge in [-0.1, -0.05) is 37.3 Å². The highest BCUT2D eigenvalue weighted by Gasteiger charge is 2.26. The average Bonchev–Trinajstić information content (AvgIpc) is 3.27. The molecule has 0 aromatic heterocycles. The fourth-order valence-corrected chi connectivity index (χ4v) is 2.31.